The van der Waals surface area contributed by atoms with E-state index in [0.29, 0.717) is 13.1 Å². The number of hydrogen-bond donors (Lipinski definition) is 2. The van der Waals surface area contributed by atoms with Crippen molar-refractivity contribution in [3.05, 3.63) is 63.6 Å². The molecule has 0 saturated carbocycles. The van der Waals surface area contributed by atoms with E-state index in [4.69, 9.17) is 4.99 Å². The third-order valence-electron chi connectivity index (χ3n) is 4.20. The zero-order valence-corrected chi connectivity index (χ0v) is 19.5. The second kappa shape index (κ2) is 11.1. The van der Waals surface area contributed by atoms with E-state index >= 15 is 0 Å². The highest BCUT2D eigenvalue weighted by Gasteiger charge is 2.07. The van der Waals surface area contributed by atoms with Gasteiger partial charge in [0.1, 0.15) is 5.82 Å². The molecule has 0 fully saturated rings. The largest absolute Gasteiger partial charge is 0.356 e. The molecule has 2 N–H and O–H groups in total. The Morgan fingerprint density at radius 2 is 1.93 bits per heavy atom. The summed E-state index contributed by atoms with van der Waals surface area (Å²) in [6.45, 7) is 5.91. The predicted octanol–water partition coefficient (Wildman–Crippen LogP) is 2.98. The Kier molecular flexibility index (Phi) is 8.84. The molecule has 0 aliphatic rings. The molecule has 7 nitrogen and oxygen atoms in total. The number of aliphatic imine (C=N–C) groups is 1. The normalized spacial score (nSPS) is 11.2. The molecule has 0 aliphatic carbocycles. The smallest absolute Gasteiger partial charge is 0.191 e. The molecule has 0 radical (unpaired) electrons. The maximum absolute atomic E-state index is 4.70. The summed E-state index contributed by atoms with van der Waals surface area (Å²) in [5.74, 6) is 2.52. The summed E-state index contributed by atoms with van der Waals surface area (Å²) in [6, 6.07) is 10.2. The molecule has 3 aromatic rings. The standard InChI is InChI=1S/C19H25N7S.HI/c1-14-24-25-18(26(14)3)12-22-19(21-11-16-7-5-4-6-8-16)20-10-9-17-13-27-15(2)23-17;/h4-8,13H,9-12H2,1-3H3,(H2,20,21,22);1H. The first-order valence-electron chi connectivity index (χ1n) is 8.94. The van der Waals surface area contributed by atoms with Crippen molar-refractivity contribution in [3.63, 3.8) is 0 Å². The molecule has 0 bridgehead atoms. The maximum Gasteiger partial charge on any atom is 0.191 e. The fourth-order valence-corrected chi connectivity index (χ4v) is 3.17. The Hall–Kier alpha value is -2.01. The van der Waals surface area contributed by atoms with Crippen LogP contribution in [0.15, 0.2) is 40.7 Å². The van der Waals surface area contributed by atoms with Crippen LogP contribution in [0.1, 0.15) is 27.9 Å². The lowest BCUT2D eigenvalue weighted by molar-refractivity contribution is 0.711. The van der Waals surface area contributed by atoms with Crippen molar-refractivity contribution in [1.29, 1.82) is 0 Å². The summed E-state index contributed by atoms with van der Waals surface area (Å²) in [5.41, 5.74) is 2.28. The number of hydrogen-bond acceptors (Lipinski definition) is 5. The van der Waals surface area contributed by atoms with Crippen molar-refractivity contribution in [3.8, 4) is 0 Å². The third-order valence-corrected chi connectivity index (χ3v) is 5.02. The van der Waals surface area contributed by atoms with Gasteiger partial charge in [0, 0.05) is 25.4 Å². The monoisotopic (exact) mass is 511 g/mol. The average molecular weight is 511 g/mol. The Labute approximate surface area is 186 Å². The van der Waals surface area contributed by atoms with Crippen molar-refractivity contribution < 1.29 is 0 Å². The van der Waals surface area contributed by atoms with Crippen molar-refractivity contribution in [2.75, 3.05) is 6.54 Å². The molecule has 1 aromatic carbocycles. The van der Waals surface area contributed by atoms with Gasteiger partial charge >= 0.3 is 0 Å². The highest BCUT2D eigenvalue weighted by Crippen LogP contribution is 2.07. The molecular weight excluding hydrogens is 485 g/mol. The van der Waals surface area contributed by atoms with Crippen LogP contribution in [0.3, 0.4) is 0 Å². The van der Waals surface area contributed by atoms with E-state index in [1.165, 1.54) is 5.56 Å². The number of nitrogens with one attached hydrogen (secondary N) is 2. The van der Waals surface area contributed by atoms with Crippen molar-refractivity contribution in [1.82, 2.24) is 30.4 Å². The van der Waals surface area contributed by atoms with E-state index < -0.39 is 0 Å². The minimum atomic E-state index is 0. The lowest BCUT2D eigenvalue weighted by Crippen LogP contribution is -2.38. The molecular formula is C19H26IN7S. The Bertz CT molecular complexity index is 889. The van der Waals surface area contributed by atoms with Crippen molar-refractivity contribution in [2.45, 2.75) is 33.4 Å². The number of thiazole rings is 1. The Balaban J connectivity index is 0.00000280. The van der Waals surface area contributed by atoms with Gasteiger partial charge in [-0.25, -0.2) is 9.98 Å². The summed E-state index contributed by atoms with van der Waals surface area (Å²) < 4.78 is 1.97. The van der Waals surface area contributed by atoms with Gasteiger partial charge in [-0.3, -0.25) is 0 Å². The maximum atomic E-state index is 4.70. The van der Waals surface area contributed by atoms with E-state index in [0.717, 1.165) is 41.3 Å². The van der Waals surface area contributed by atoms with Crippen molar-refractivity contribution in [2.24, 2.45) is 12.0 Å². The second-order valence-electron chi connectivity index (χ2n) is 6.26. The van der Waals surface area contributed by atoms with Gasteiger partial charge in [-0.05, 0) is 19.4 Å². The molecule has 3 rings (SSSR count). The minimum Gasteiger partial charge on any atom is -0.356 e. The minimum absolute atomic E-state index is 0. The molecule has 0 spiro atoms. The van der Waals surface area contributed by atoms with Crippen LogP contribution in [-0.4, -0.2) is 32.3 Å². The molecule has 2 heterocycles. The van der Waals surface area contributed by atoms with Crippen molar-refractivity contribution >= 4 is 41.3 Å². The third kappa shape index (κ3) is 6.55. The summed E-state index contributed by atoms with van der Waals surface area (Å²) in [5, 5.41) is 18.2. The average Bonchev–Trinajstić information content (AvgIpc) is 3.24. The van der Waals surface area contributed by atoms with Crippen LogP contribution in [0, 0.1) is 13.8 Å². The zero-order valence-electron chi connectivity index (χ0n) is 16.3. The molecule has 28 heavy (non-hydrogen) atoms. The van der Waals surface area contributed by atoms with Crippen LogP contribution in [0.4, 0.5) is 0 Å². The van der Waals surface area contributed by atoms with E-state index in [1.54, 1.807) is 11.3 Å². The molecule has 150 valence electrons. The summed E-state index contributed by atoms with van der Waals surface area (Å²) in [6.07, 6.45) is 0.861. The molecule has 0 aliphatic heterocycles. The quantitative estimate of drug-likeness (QED) is 0.290. The predicted molar refractivity (Wildman–Crippen MR) is 124 cm³/mol. The van der Waals surface area contributed by atoms with Gasteiger partial charge in [-0.2, -0.15) is 0 Å². The number of aryl methyl sites for hydroxylation is 2. The SMILES string of the molecule is Cc1nc(CCNC(=NCc2ccccc2)NCc2nnc(C)n2C)cs1.I. The number of halogens is 1. The second-order valence-corrected chi connectivity index (χ2v) is 7.32. The highest BCUT2D eigenvalue weighted by molar-refractivity contribution is 14.0. The molecule has 0 saturated heterocycles. The van der Waals surface area contributed by atoms with Gasteiger partial charge < -0.3 is 15.2 Å². The number of guanidine groups is 1. The molecule has 9 heteroatoms. The first kappa shape index (κ1) is 22.3. The van der Waals surface area contributed by atoms with Crippen LogP contribution in [-0.2, 0) is 26.6 Å². The van der Waals surface area contributed by atoms with E-state index in [1.807, 2.05) is 43.7 Å². The first-order valence-corrected chi connectivity index (χ1v) is 9.82. The van der Waals surface area contributed by atoms with Gasteiger partial charge in [0.25, 0.3) is 0 Å². The van der Waals surface area contributed by atoms with Gasteiger partial charge in [0.05, 0.1) is 23.8 Å². The van der Waals surface area contributed by atoms with Crippen LogP contribution in [0.5, 0.6) is 0 Å². The number of nitrogens with zero attached hydrogens (tertiary/aromatic N) is 5. The lowest BCUT2D eigenvalue weighted by Gasteiger charge is -2.12. The molecule has 0 amide bonds. The van der Waals surface area contributed by atoms with E-state index in [2.05, 4.69) is 43.3 Å². The lowest BCUT2D eigenvalue weighted by atomic mass is 10.2. The number of benzene rings is 1. The fraction of sp³-hybridized carbons (Fsp3) is 0.368. The molecule has 0 unspecified atom stereocenters. The Morgan fingerprint density at radius 3 is 2.57 bits per heavy atom. The highest BCUT2D eigenvalue weighted by atomic mass is 127. The topological polar surface area (TPSA) is 80.0 Å². The zero-order chi connectivity index (χ0) is 19.1. The summed E-state index contributed by atoms with van der Waals surface area (Å²) >= 11 is 1.68. The first-order chi connectivity index (χ1) is 13.1. The van der Waals surface area contributed by atoms with Gasteiger partial charge in [-0.15, -0.1) is 45.5 Å². The van der Waals surface area contributed by atoms with Gasteiger partial charge in [0.2, 0.25) is 0 Å². The fourth-order valence-electron chi connectivity index (χ4n) is 2.53. The van der Waals surface area contributed by atoms with Crippen LogP contribution < -0.4 is 10.6 Å². The van der Waals surface area contributed by atoms with Crippen LogP contribution in [0.2, 0.25) is 0 Å². The van der Waals surface area contributed by atoms with E-state index in [9.17, 15) is 0 Å². The number of aromatic nitrogens is 4. The van der Waals surface area contributed by atoms with Gasteiger partial charge in [-0.1, -0.05) is 30.3 Å². The van der Waals surface area contributed by atoms with E-state index in [-0.39, 0.29) is 24.0 Å². The van der Waals surface area contributed by atoms with Crippen LogP contribution >= 0.6 is 35.3 Å². The van der Waals surface area contributed by atoms with Crippen LogP contribution in [0.25, 0.3) is 0 Å². The molecule has 0 atom stereocenters. The number of rotatable bonds is 7. The summed E-state index contributed by atoms with van der Waals surface area (Å²) in [4.78, 5) is 9.21. The Morgan fingerprint density at radius 1 is 1.14 bits per heavy atom. The van der Waals surface area contributed by atoms with Gasteiger partial charge in [0.15, 0.2) is 11.8 Å². The summed E-state index contributed by atoms with van der Waals surface area (Å²) in [7, 11) is 1.96. The molecule has 2 aromatic heterocycles.